The van der Waals surface area contributed by atoms with E-state index in [0.717, 1.165) is 8.95 Å². The van der Waals surface area contributed by atoms with Crippen LogP contribution in [0, 0.1) is 11.6 Å². The molecular formula is C32H26Br2F2O4S. The number of halogens is 4. The smallest absolute Gasteiger partial charge is 0.171 e. The molecule has 0 amide bonds. The van der Waals surface area contributed by atoms with Crippen LogP contribution in [0.25, 0.3) is 12.2 Å². The zero-order valence-electron chi connectivity index (χ0n) is 22.1. The summed E-state index contributed by atoms with van der Waals surface area (Å²) in [5.74, 6) is -0.916. The Morgan fingerprint density at radius 2 is 1.00 bits per heavy atom. The van der Waals surface area contributed by atoms with Crippen LogP contribution in [-0.2, 0) is 9.84 Å². The zero-order valence-corrected chi connectivity index (χ0v) is 26.1. The largest absolute Gasteiger partial charge is 0.494 e. The van der Waals surface area contributed by atoms with Crippen LogP contribution in [0.15, 0.2) is 106 Å². The van der Waals surface area contributed by atoms with Gasteiger partial charge < -0.3 is 9.47 Å². The lowest BCUT2D eigenvalue weighted by Gasteiger charge is -2.22. The monoisotopic (exact) mass is 702 g/mol. The first-order valence-corrected chi connectivity index (χ1v) is 15.6. The third kappa shape index (κ3) is 7.52. The van der Waals surface area contributed by atoms with Gasteiger partial charge in [-0.05, 0) is 70.8 Å². The van der Waals surface area contributed by atoms with Crippen molar-refractivity contribution in [2.45, 2.75) is 10.5 Å². The van der Waals surface area contributed by atoms with Crippen LogP contribution in [-0.4, -0.2) is 22.6 Å². The third-order valence-corrected chi connectivity index (χ3v) is 9.71. The number of ether oxygens (including phenoxy) is 2. The molecule has 0 aliphatic carbocycles. The second-order valence-corrected chi connectivity index (χ2v) is 13.1. The molecule has 0 aliphatic rings. The Morgan fingerprint density at radius 3 is 1.34 bits per heavy atom. The van der Waals surface area contributed by atoms with Crippen molar-refractivity contribution in [3.8, 4) is 11.5 Å². The van der Waals surface area contributed by atoms with Gasteiger partial charge in [-0.25, -0.2) is 17.2 Å². The Bertz CT molecular complexity index is 1550. The molecule has 0 spiro atoms. The highest BCUT2D eigenvalue weighted by Gasteiger charge is 2.33. The van der Waals surface area contributed by atoms with Gasteiger partial charge in [0.05, 0.1) is 14.2 Å². The molecule has 0 saturated carbocycles. The number of methoxy groups -OCH3 is 2. The molecule has 4 nitrogen and oxygen atoms in total. The molecule has 0 saturated heterocycles. The molecule has 41 heavy (non-hydrogen) atoms. The summed E-state index contributed by atoms with van der Waals surface area (Å²) in [6.07, 6.45) is 6.45. The van der Waals surface area contributed by atoms with Crippen molar-refractivity contribution in [1.29, 1.82) is 0 Å². The van der Waals surface area contributed by atoms with E-state index in [1.165, 1.54) is 38.5 Å². The van der Waals surface area contributed by atoms with E-state index < -0.39 is 32.0 Å². The first-order chi connectivity index (χ1) is 19.6. The molecule has 212 valence electrons. The standard InChI is InChI=1S/C32H26Br2F2O4S/c1-39-29-19-21(3-15-27(29)35)5-17-31(23-7-11-25(33)12-8-23)41(37,38)32(24-9-13-26(34)14-10-24)18-6-22-4-16-28(36)30(20-22)40-2/h3-20,31-32H,1-2H3. The van der Waals surface area contributed by atoms with Crippen LogP contribution in [0.1, 0.15) is 32.8 Å². The Kier molecular flexibility index (Phi) is 10.2. The van der Waals surface area contributed by atoms with E-state index in [1.54, 1.807) is 85.0 Å². The van der Waals surface area contributed by atoms with Crippen LogP contribution < -0.4 is 9.47 Å². The van der Waals surface area contributed by atoms with Gasteiger partial charge in [0, 0.05) is 8.95 Å². The highest BCUT2D eigenvalue weighted by molar-refractivity contribution is 9.10. The van der Waals surface area contributed by atoms with E-state index in [4.69, 9.17) is 9.47 Å². The van der Waals surface area contributed by atoms with Gasteiger partial charge in [0.1, 0.15) is 10.5 Å². The molecular weight excluding hydrogens is 678 g/mol. The maximum atomic E-state index is 14.5. The predicted molar refractivity (Wildman–Crippen MR) is 167 cm³/mol. The molecule has 9 heteroatoms. The quantitative estimate of drug-likeness (QED) is 0.165. The first kappa shape index (κ1) is 30.7. The highest BCUT2D eigenvalue weighted by Crippen LogP contribution is 2.38. The van der Waals surface area contributed by atoms with Gasteiger partial charge in [-0.3, -0.25) is 0 Å². The molecule has 4 aromatic carbocycles. The minimum atomic E-state index is -4.00. The maximum Gasteiger partial charge on any atom is 0.171 e. The summed E-state index contributed by atoms with van der Waals surface area (Å²) in [4.78, 5) is 0. The van der Waals surface area contributed by atoms with Crippen LogP contribution in [0.2, 0.25) is 0 Å². The van der Waals surface area contributed by atoms with Crippen LogP contribution >= 0.6 is 31.9 Å². The summed E-state index contributed by atoms with van der Waals surface area (Å²) in [5, 5.41) is -2.12. The lowest BCUT2D eigenvalue weighted by atomic mass is 10.1. The normalized spacial score (nSPS) is 13.4. The van der Waals surface area contributed by atoms with Gasteiger partial charge in [-0.15, -0.1) is 0 Å². The fraction of sp³-hybridized carbons (Fsp3) is 0.125. The number of sulfone groups is 1. The molecule has 0 aromatic heterocycles. The number of hydrogen-bond donors (Lipinski definition) is 0. The van der Waals surface area contributed by atoms with Crippen molar-refractivity contribution < 1.29 is 26.7 Å². The molecule has 2 atom stereocenters. The zero-order chi connectivity index (χ0) is 29.6. The summed E-state index contributed by atoms with van der Waals surface area (Å²) in [6, 6.07) is 22.7. The van der Waals surface area contributed by atoms with E-state index in [1.807, 2.05) is 0 Å². The Morgan fingerprint density at radius 1 is 0.634 bits per heavy atom. The Hall–Kier alpha value is -3.27. The minimum absolute atomic E-state index is 0.0561. The summed E-state index contributed by atoms with van der Waals surface area (Å²) in [6.45, 7) is 0. The molecule has 4 aromatic rings. The van der Waals surface area contributed by atoms with E-state index in [9.17, 15) is 17.2 Å². The van der Waals surface area contributed by atoms with Gasteiger partial charge in [-0.1, -0.05) is 92.6 Å². The molecule has 2 unspecified atom stereocenters. The van der Waals surface area contributed by atoms with Gasteiger partial charge in [-0.2, -0.15) is 0 Å². The average Bonchev–Trinajstić information content (AvgIpc) is 2.96. The summed E-state index contributed by atoms with van der Waals surface area (Å²) < 4.78 is 68.8. The number of rotatable bonds is 10. The van der Waals surface area contributed by atoms with Crippen molar-refractivity contribution in [3.05, 3.63) is 140 Å². The molecule has 0 fully saturated rings. The maximum absolute atomic E-state index is 14.5. The lowest BCUT2D eigenvalue weighted by molar-refractivity contribution is 0.386. The Labute approximate surface area is 255 Å². The van der Waals surface area contributed by atoms with Crippen molar-refractivity contribution in [1.82, 2.24) is 0 Å². The van der Waals surface area contributed by atoms with Gasteiger partial charge in [0.2, 0.25) is 0 Å². The minimum Gasteiger partial charge on any atom is -0.494 e. The Balaban J connectivity index is 1.83. The lowest BCUT2D eigenvalue weighted by Crippen LogP contribution is -2.19. The van der Waals surface area contributed by atoms with Gasteiger partial charge in [0.25, 0.3) is 0 Å². The molecule has 0 bridgehead atoms. The molecule has 0 aliphatic heterocycles. The number of benzene rings is 4. The van der Waals surface area contributed by atoms with Crippen LogP contribution in [0.4, 0.5) is 8.78 Å². The first-order valence-electron chi connectivity index (χ1n) is 12.4. The van der Waals surface area contributed by atoms with E-state index >= 15 is 0 Å². The average molecular weight is 704 g/mol. The molecule has 0 radical (unpaired) electrons. The van der Waals surface area contributed by atoms with Gasteiger partial charge in [0.15, 0.2) is 33.0 Å². The van der Waals surface area contributed by atoms with Crippen LogP contribution in [0.3, 0.4) is 0 Å². The van der Waals surface area contributed by atoms with E-state index in [-0.39, 0.29) is 11.5 Å². The predicted octanol–water partition coefficient (Wildman–Crippen LogP) is 9.13. The van der Waals surface area contributed by atoms with E-state index in [0.29, 0.717) is 22.3 Å². The van der Waals surface area contributed by atoms with Crippen molar-refractivity contribution >= 4 is 53.8 Å². The fourth-order valence-corrected chi connectivity index (χ4v) is 6.75. The summed E-state index contributed by atoms with van der Waals surface area (Å²) in [5.41, 5.74) is 2.26. The highest BCUT2D eigenvalue weighted by atomic mass is 79.9. The number of hydrogen-bond acceptors (Lipinski definition) is 4. The van der Waals surface area contributed by atoms with Crippen molar-refractivity contribution in [2.75, 3.05) is 14.2 Å². The van der Waals surface area contributed by atoms with Crippen molar-refractivity contribution in [2.24, 2.45) is 0 Å². The summed E-state index contributed by atoms with van der Waals surface area (Å²) >= 11 is 6.83. The third-order valence-electron chi connectivity index (χ3n) is 6.38. The van der Waals surface area contributed by atoms with Crippen LogP contribution in [0.5, 0.6) is 11.5 Å². The fourth-order valence-electron chi connectivity index (χ4n) is 4.24. The molecule has 4 rings (SSSR count). The SMILES string of the molecule is COc1cc(C=CC(c2ccc(Br)cc2)S(=O)(=O)C(C=Cc2ccc(F)c(OC)c2)c2ccc(Br)cc2)ccc1F. The van der Waals surface area contributed by atoms with Gasteiger partial charge >= 0.3 is 0 Å². The van der Waals surface area contributed by atoms with Crippen molar-refractivity contribution in [3.63, 3.8) is 0 Å². The topological polar surface area (TPSA) is 52.6 Å². The molecule has 0 N–H and O–H groups in total. The second-order valence-electron chi connectivity index (χ2n) is 9.04. The van der Waals surface area contributed by atoms with E-state index in [2.05, 4.69) is 31.9 Å². The second kappa shape index (κ2) is 13.6. The molecule has 0 heterocycles. The summed E-state index contributed by atoms with van der Waals surface area (Å²) in [7, 11) is -1.26.